The van der Waals surface area contributed by atoms with Crippen LogP contribution in [0.1, 0.15) is 82.3 Å². The standard InChI is InChI=1S/C29H42O6/c1-3-28(30)33-21-11-6-5-9-13-24-14-19-27(35-23-24)25-15-17-26(18-16-25)32-20-10-7-8-12-22-34-29(31)4-2/h3-4,15-18,24,27H,1-2,5-14,19-23H2. The van der Waals surface area contributed by atoms with Crippen LogP contribution in [0.5, 0.6) is 5.75 Å². The Hall–Kier alpha value is -2.60. The van der Waals surface area contributed by atoms with Crippen LogP contribution in [-0.2, 0) is 23.8 Å². The van der Waals surface area contributed by atoms with Gasteiger partial charge in [-0.2, -0.15) is 0 Å². The molecule has 194 valence electrons. The van der Waals surface area contributed by atoms with Crippen LogP contribution in [0.4, 0.5) is 0 Å². The Morgan fingerprint density at radius 3 is 1.91 bits per heavy atom. The Labute approximate surface area is 210 Å². The first-order valence-electron chi connectivity index (χ1n) is 13.0. The molecular formula is C29H42O6. The summed E-state index contributed by atoms with van der Waals surface area (Å²) in [4.78, 5) is 22.0. The number of ether oxygens (including phenoxy) is 4. The average Bonchev–Trinajstić information content (AvgIpc) is 2.90. The lowest BCUT2D eigenvalue weighted by atomic mass is 9.91. The van der Waals surface area contributed by atoms with Gasteiger partial charge < -0.3 is 18.9 Å². The molecule has 0 aromatic heterocycles. The summed E-state index contributed by atoms with van der Waals surface area (Å²) in [7, 11) is 0. The van der Waals surface area contributed by atoms with E-state index < -0.39 is 0 Å². The molecule has 0 aliphatic carbocycles. The van der Waals surface area contributed by atoms with Gasteiger partial charge in [-0.05, 0) is 75.0 Å². The summed E-state index contributed by atoms with van der Waals surface area (Å²) in [6.45, 7) is 9.22. The van der Waals surface area contributed by atoms with Crippen molar-refractivity contribution in [2.24, 2.45) is 5.92 Å². The number of rotatable bonds is 18. The summed E-state index contributed by atoms with van der Waals surface area (Å²) in [5, 5.41) is 0. The van der Waals surface area contributed by atoms with E-state index in [-0.39, 0.29) is 18.0 Å². The third kappa shape index (κ3) is 12.6. The first-order chi connectivity index (χ1) is 17.1. The van der Waals surface area contributed by atoms with Crippen LogP contribution in [-0.4, -0.2) is 38.4 Å². The normalized spacial score (nSPS) is 17.4. The molecule has 35 heavy (non-hydrogen) atoms. The largest absolute Gasteiger partial charge is 0.494 e. The molecule has 0 saturated carbocycles. The quantitative estimate of drug-likeness (QED) is 0.134. The minimum atomic E-state index is -0.357. The maximum Gasteiger partial charge on any atom is 0.330 e. The molecule has 0 bridgehead atoms. The van der Waals surface area contributed by atoms with E-state index in [1.165, 1.54) is 37.0 Å². The van der Waals surface area contributed by atoms with Crippen LogP contribution >= 0.6 is 0 Å². The molecule has 1 saturated heterocycles. The Morgan fingerprint density at radius 2 is 1.37 bits per heavy atom. The zero-order valence-corrected chi connectivity index (χ0v) is 21.1. The second-order valence-corrected chi connectivity index (χ2v) is 9.04. The molecule has 2 unspecified atom stereocenters. The zero-order valence-electron chi connectivity index (χ0n) is 21.1. The van der Waals surface area contributed by atoms with Crippen molar-refractivity contribution >= 4 is 11.9 Å². The molecular weight excluding hydrogens is 444 g/mol. The fraction of sp³-hybridized carbons (Fsp3) is 0.586. The van der Waals surface area contributed by atoms with Crippen LogP contribution in [0.2, 0.25) is 0 Å². The second-order valence-electron chi connectivity index (χ2n) is 9.04. The predicted octanol–water partition coefficient (Wildman–Crippen LogP) is 6.50. The van der Waals surface area contributed by atoms with E-state index in [9.17, 15) is 9.59 Å². The lowest BCUT2D eigenvalue weighted by Gasteiger charge is -2.29. The van der Waals surface area contributed by atoms with Gasteiger partial charge in [0.15, 0.2) is 0 Å². The van der Waals surface area contributed by atoms with E-state index >= 15 is 0 Å². The van der Waals surface area contributed by atoms with Gasteiger partial charge >= 0.3 is 11.9 Å². The van der Waals surface area contributed by atoms with Crippen LogP contribution in [0, 0.1) is 5.92 Å². The Morgan fingerprint density at radius 1 is 0.800 bits per heavy atom. The molecule has 0 N–H and O–H groups in total. The lowest BCUT2D eigenvalue weighted by molar-refractivity contribution is -0.138. The first kappa shape index (κ1) is 28.6. The molecule has 0 amide bonds. The number of benzene rings is 1. The number of carbonyl (C=O) groups is 2. The lowest BCUT2D eigenvalue weighted by Crippen LogP contribution is -2.20. The van der Waals surface area contributed by atoms with E-state index in [0.717, 1.165) is 63.7 Å². The molecule has 6 heteroatoms. The van der Waals surface area contributed by atoms with E-state index in [4.69, 9.17) is 18.9 Å². The highest BCUT2D eigenvalue weighted by atomic mass is 16.5. The monoisotopic (exact) mass is 486 g/mol. The van der Waals surface area contributed by atoms with Crippen molar-refractivity contribution in [2.75, 3.05) is 26.4 Å². The highest BCUT2D eigenvalue weighted by Gasteiger charge is 2.22. The van der Waals surface area contributed by atoms with Crippen molar-refractivity contribution in [2.45, 2.75) is 76.7 Å². The molecule has 1 heterocycles. The van der Waals surface area contributed by atoms with Crippen molar-refractivity contribution in [1.82, 2.24) is 0 Å². The third-order valence-electron chi connectivity index (χ3n) is 6.26. The van der Waals surface area contributed by atoms with Gasteiger partial charge in [0.05, 0.1) is 32.5 Å². The van der Waals surface area contributed by atoms with Crippen molar-refractivity contribution in [3.05, 3.63) is 55.1 Å². The molecule has 1 aromatic carbocycles. The number of carbonyl (C=O) groups excluding carboxylic acids is 2. The molecule has 0 radical (unpaired) electrons. The SMILES string of the molecule is C=CC(=O)OCCCCCCOc1ccc(C2CCC(CCCCCCOC(=O)C=C)CO2)cc1. The van der Waals surface area contributed by atoms with Gasteiger partial charge in [-0.1, -0.05) is 44.6 Å². The van der Waals surface area contributed by atoms with E-state index in [1.807, 2.05) is 12.1 Å². The highest BCUT2D eigenvalue weighted by Crippen LogP contribution is 2.33. The number of esters is 2. The van der Waals surface area contributed by atoms with Gasteiger partial charge in [-0.25, -0.2) is 9.59 Å². The molecule has 6 nitrogen and oxygen atoms in total. The van der Waals surface area contributed by atoms with Crippen molar-refractivity contribution in [3.8, 4) is 5.75 Å². The maximum absolute atomic E-state index is 11.0. The van der Waals surface area contributed by atoms with Crippen molar-refractivity contribution < 1.29 is 28.5 Å². The zero-order chi connectivity index (χ0) is 25.1. The van der Waals surface area contributed by atoms with Gasteiger partial charge in [0.25, 0.3) is 0 Å². The summed E-state index contributed by atoms with van der Waals surface area (Å²) in [5.74, 6) is 0.835. The van der Waals surface area contributed by atoms with Crippen molar-refractivity contribution in [1.29, 1.82) is 0 Å². The summed E-state index contributed by atoms with van der Waals surface area (Å²) in [6, 6.07) is 8.30. The number of unbranched alkanes of at least 4 members (excludes halogenated alkanes) is 6. The minimum Gasteiger partial charge on any atom is -0.494 e. The molecule has 1 fully saturated rings. The number of hydrogen-bond donors (Lipinski definition) is 0. The van der Waals surface area contributed by atoms with Crippen LogP contribution in [0.15, 0.2) is 49.6 Å². The molecule has 1 aromatic rings. The third-order valence-corrected chi connectivity index (χ3v) is 6.26. The summed E-state index contributed by atoms with van der Waals surface area (Å²) >= 11 is 0. The fourth-order valence-corrected chi connectivity index (χ4v) is 4.17. The topological polar surface area (TPSA) is 71.1 Å². The van der Waals surface area contributed by atoms with Gasteiger partial charge in [0, 0.05) is 12.2 Å². The van der Waals surface area contributed by atoms with Crippen LogP contribution in [0.3, 0.4) is 0 Å². The van der Waals surface area contributed by atoms with Gasteiger partial charge in [-0.15, -0.1) is 0 Å². The fourth-order valence-electron chi connectivity index (χ4n) is 4.17. The Kier molecular flexibility index (Phi) is 14.5. The summed E-state index contributed by atoms with van der Waals surface area (Å²) in [5.41, 5.74) is 1.22. The van der Waals surface area contributed by atoms with Gasteiger partial charge in [-0.3, -0.25) is 0 Å². The summed E-state index contributed by atoms with van der Waals surface area (Å²) < 4.78 is 22.0. The first-order valence-corrected chi connectivity index (χ1v) is 13.0. The Bertz CT molecular complexity index is 749. The highest BCUT2D eigenvalue weighted by molar-refractivity contribution is 5.81. The molecule has 1 aliphatic rings. The molecule has 2 atom stereocenters. The van der Waals surface area contributed by atoms with Gasteiger partial charge in [0.2, 0.25) is 0 Å². The predicted molar refractivity (Wildman–Crippen MR) is 137 cm³/mol. The van der Waals surface area contributed by atoms with Gasteiger partial charge in [0.1, 0.15) is 5.75 Å². The molecule has 1 aliphatic heterocycles. The average molecular weight is 487 g/mol. The van der Waals surface area contributed by atoms with Crippen LogP contribution in [0.25, 0.3) is 0 Å². The maximum atomic E-state index is 11.0. The van der Waals surface area contributed by atoms with E-state index in [1.54, 1.807) is 0 Å². The van der Waals surface area contributed by atoms with E-state index in [0.29, 0.717) is 25.7 Å². The molecule has 0 spiro atoms. The molecule has 2 rings (SSSR count). The summed E-state index contributed by atoms with van der Waals surface area (Å²) in [6.07, 6.45) is 14.3. The Balaban J connectivity index is 1.50. The van der Waals surface area contributed by atoms with Crippen molar-refractivity contribution in [3.63, 3.8) is 0 Å². The van der Waals surface area contributed by atoms with E-state index in [2.05, 4.69) is 25.3 Å². The number of hydrogen-bond acceptors (Lipinski definition) is 6. The second kappa shape index (κ2) is 17.8. The smallest absolute Gasteiger partial charge is 0.330 e. The minimum absolute atomic E-state index is 0.176. The van der Waals surface area contributed by atoms with Crippen LogP contribution < -0.4 is 4.74 Å².